The first-order chi connectivity index (χ1) is 7.28. The molecule has 0 fully saturated rings. The van der Waals surface area contributed by atoms with Crippen molar-refractivity contribution in [2.75, 3.05) is 5.32 Å². The van der Waals surface area contributed by atoms with Gasteiger partial charge in [0.05, 0.1) is 11.6 Å². The average Bonchev–Trinajstić information content (AvgIpc) is 2.64. The van der Waals surface area contributed by atoms with Gasteiger partial charge in [-0.3, -0.25) is 0 Å². The Morgan fingerprint density at radius 1 is 1.47 bits per heavy atom. The fraction of sp³-hybridized carbons (Fsp3) is 0.100. The number of nitrogens with one attached hydrogen (secondary N) is 1. The molecule has 0 saturated carbocycles. The Labute approximate surface area is 91.4 Å². The summed E-state index contributed by atoms with van der Waals surface area (Å²) >= 11 is 1.30. The molecule has 4 nitrogen and oxygen atoms in total. The summed E-state index contributed by atoms with van der Waals surface area (Å²) < 4.78 is 4.06. The van der Waals surface area contributed by atoms with Crippen LogP contribution in [-0.2, 0) is 0 Å². The third-order valence-electron chi connectivity index (χ3n) is 1.77. The molecule has 1 heterocycles. The van der Waals surface area contributed by atoms with Crippen molar-refractivity contribution in [2.24, 2.45) is 0 Å². The van der Waals surface area contributed by atoms with Crippen LogP contribution in [-0.4, -0.2) is 9.36 Å². The van der Waals surface area contributed by atoms with Crippen LogP contribution < -0.4 is 5.32 Å². The van der Waals surface area contributed by atoms with Crippen LogP contribution in [0.1, 0.15) is 11.4 Å². The molecular weight excluding hydrogens is 208 g/mol. The number of benzene rings is 1. The average molecular weight is 216 g/mol. The Kier molecular flexibility index (Phi) is 2.61. The fourth-order valence-electron chi connectivity index (χ4n) is 1.14. The van der Waals surface area contributed by atoms with Gasteiger partial charge in [-0.1, -0.05) is 6.07 Å². The lowest BCUT2D eigenvalue weighted by Gasteiger charge is -2.00. The van der Waals surface area contributed by atoms with E-state index >= 15 is 0 Å². The molecule has 1 aromatic carbocycles. The zero-order chi connectivity index (χ0) is 10.7. The molecule has 2 aromatic rings. The molecule has 0 aliphatic rings. The van der Waals surface area contributed by atoms with Crippen molar-refractivity contribution < 1.29 is 0 Å². The largest absolute Gasteiger partial charge is 0.330 e. The highest BCUT2D eigenvalue weighted by Crippen LogP contribution is 2.18. The predicted octanol–water partition coefficient (Wildman–Crippen LogP) is 2.46. The maximum Gasteiger partial charge on any atom is 0.207 e. The minimum atomic E-state index is 0.626. The normalized spacial score (nSPS) is 9.60. The van der Waals surface area contributed by atoms with Gasteiger partial charge in [0.25, 0.3) is 0 Å². The Morgan fingerprint density at radius 3 is 3.00 bits per heavy atom. The van der Waals surface area contributed by atoms with Gasteiger partial charge in [-0.05, 0) is 25.1 Å². The second kappa shape index (κ2) is 4.07. The molecule has 0 aliphatic heterocycles. The number of anilines is 2. The first-order valence-corrected chi connectivity index (χ1v) is 5.13. The third kappa shape index (κ3) is 2.30. The first-order valence-electron chi connectivity index (χ1n) is 4.35. The van der Waals surface area contributed by atoms with E-state index in [9.17, 15) is 0 Å². The van der Waals surface area contributed by atoms with Crippen LogP contribution in [0.2, 0.25) is 0 Å². The molecule has 2 rings (SSSR count). The van der Waals surface area contributed by atoms with E-state index in [4.69, 9.17) is 5.26 Å². The monoisotopic (exact) mass is 216 g/mol. The molecule has 0 bridgehead atoms. The Bertz CT molecular complexity index is 512. The van der Waals surface area contributed by atoms with Crippen LogP contribution in [0.15, 0.2) is 24.3 Å². The summed E-state index contributed by atoms with van der Waals surface area (Å²) in [7, 11) is 0. The highest BCUT2D eigenvalue weighted by molar-refractivity contribution is 7.09. The first kappa shape index (κ1) is 9.62. The van der Waals surface area contributed by atoms with Crippen molar-refractivity contribution in [1.29, 1.82) is 5.26 Å². The number of hydrogen-bond acceptors (Lipinski definition) is 5. The molecule has 0 aliphatic carbocycles. The molecule has 0 atom stereocenters. The molecular formula is C10H8N4S. The quantitative estimate of drug-likeness (QED) is 0.837. The van der Waals surface area contributed by atoms with Gasteiger partial charge < -0.3 is 5.32 Å². The smallest absolute Gasteiger partial charge is 0.207 e. The van der Waals surface area contributed by atoms with Gasteiger partial charge in [-0.25, -0.2) is 4.98 Å². The van der Waals surface area contributed by atoms with E-state index in [-0.39, 0.29) is 0 Å². The lowest BCUT2D eigenvalue weighted by atomic mass is 10.2. The molecule has 0 radical (unpaired) electrons. The van der Waals surface area contributed by atoms with E-state index in [0.29, 0.717) is 5.56 Å². The molecule has 15 heavy (non-hydrogen) atoms. The van der Waals surface area contributed by atoms with E-state index in [1.807, 2.05) is 19.1 Å². The standard InChI is InChI=1S/C10H8N4S/c1-7-12-10(15-14-7)13-9-4-2-3-8(5-9)6-11/h2-5H,1H3,(H,12,13,14). The number of hydrogen-bond donors (Lipinski definition) is 1. The van der Waals surface area contributed by atoms with Crippen LogP contribution >= 0.6 is 11.5 Å². The summed E-state index contributed by atoms with van der Waals surface area (Å²) in [5.74, 6) is 0.749. The Hall–Kier alpha value is -1.93. The molecule has 74 valence electrons. The van der Waals surface area contributed by atoms with E-state index in [0.717, 1.165) is 16.6 Å². The molecule has 5 heteroatoms. The van der Waals surface area contributed by atoms with Gasteiger partial charge in [0.1, 0.15) is 5.82 Å². The topological polar surface area (TPSA) is 61.6 Å². The van der Waals surface area contributed by atoms with Gasteiger partial charge in [0, 0.05) is 17.2 Å². The van der Waals surface area contributed by atoms with E-state index in [1.165, 1.54) is 11.5 Å². The van der Waals surface area contributed by atoms with Crippen molar-refractivity contribution in [3.8, 4) is 6.07 Å². The lowest BCUT2D eigenvalue weighted by Crippen LogP contribution is -1.89. The van der Waals surface area contributed by atoms with E-state index in [1.54, 1.807) is 12.1 Å². The predicted molar refractivity (Wildman–Crippen MR) is 59.1 cm³/mol. The Balaban J connectivity index is 2.21. The number of aromatic nitrogens is 2. The SMILES string of the molecule is Cc1nsc(Nc2cccc(C#N)c2)n1. The summed E-state index contributed by atoms with van der Waals surface area (Å²) in [6.45, 7) is 1.84. The van der Waals surface area contributed by atoms with Crippen LogP contribution in [0.4, 0.5) is 10.8 Å². The van der Waals surface area contributed by atoms with Crippen molar-refractivity contribution >= 4 is 22.4 Å². The summed E-state index contributed by atoms with van der Waals surface area (Å²) in [5, 5.41) is 12.6. The second-order valence-corrected chi connectivity index (χ2v) is 3.72. The van der Waals surface area contributed by atoms with Crippen molar-refractivity contribution in [3.05, 3.63) is 35.7 Å². The van der Waals surface area contributed by atoms with Crippen molar-refractivity contribution in [1.82, 2.24) is 9.36 Å². The highest BCUT2D eigenvalue weighted by atomic mass is 32.1. The summed E-state index contributed by atoms with van der Waals surface area (Å²) in [6.07, 6.45) is 0. The minimum absolute atomic E-state index is 0.626. The highest BCUT2D eigenvalue weighted by Gasteiger charge is 2.00. The van der Waals surface area contributed by atoms with Gasteiger partial charge in [-0.15, -0.1) is 0 Å². The molecule has 1 N–H and O–H groups in total. The zero-order valence-corrected chi connectivity index (χ0v) is 8.88. The number of rotatable bonds is 2. The second-order valence-electron chi connectivity index (χ2n) is 2.96. The molecule has 0 unspecified atom stereocenters. The van der Waals surface area contributed by atoms with Gasteiger partial charge in [0.2, 0.25) is 5.13 Å². The minimum Gasteiger partial charge on any atom is -0.330 e. The number of aryl methyl sites for hydroxylation is 1. The van der Waals surface area contributed by atoms with Crippen LogP contribution in [0.25, 0.3) is 0 Å². The lowest BCUT2D eigenvalue weighted by molar-refractivity contribution is 1.17. The number of nitrogens with zero attached hydrogens (tertiary/aromatic N) is 3. The van der Waals surface area contributed by atoms with E-state index in [2.05, 4.69) is 20.7 Å². The molecule has 0 saturated heterocycles. The fourth-order valence-corrected chi connectivity index (χ4v) is 1.73. The summed E-state index contributed by atoms with van der Waals surface area (Å²) in [5.41, 5.74) is 1.48. The van der Waals surface area contributed by atoms with Crippen molar-refractivity contribution in [2.45, 2.75) is 6.92 Å². The summed E-state index contributed by atoms with van der Waals surface area (Å²) in [4.78, 5) is 4.17. The maximum absolute atomic E-state index is 8.73. The molecule has 0 amide bonds. The van der Waals surface area contributed by atoms with Gasteiger partial charge >= 0.3 is 0 Å². The molecule has 0 spiro atoms. The Morgan fingerprint density at radius 2 is 2.33 bits per heavy atom. The van der Waals surface area contributed by atoms with Crippen LogP contribution in [0, 0.1) is 18.3 Å². The third-order valence-corrected chi connectivity index (χ3v) is 2.49. The van der Waals surface area contributed by atoms with E-state index < -0.39 is 0 Å². The number of nitriles is 1. The van der Waals surface area contributed by atoms with Crippen LogP contribution in [0.3, 0.4) is 0 Å². The van der Waals surface area contributed by atoms with Gasteiger partial charge in [-0.2, -0.15) is 9.64 Å². The summed E-state index contributed by atoms with van der Waals surface area (Å²) in [6, 6.07) is 9.34. The zero-order valence-electron chi connectivity index (χ0n) is 8.06. The van der Waals surface area contributed by atoms with Crippen LogP contribution in [0.5, 0.6) is 0 Å². The maximum atomic E-state index is 8.73. The van der Waals surface area contributed by atoms with Gasteiger partial charge in [0.15, 0.2) is 0 Å². The van der Waals surface area contributed by atoms with Crippen molar-refractivity contribution in [3.63, 3.8) is 0 Å². The molecule has 1 aromatic heterocycles.